The van der Waals surface area contributed by atoms with Crippen LogP contribution in [0.1, 0.15) is 44.4 Å². The van der Waals surface area contributed by atoms with Gasteiger partial charge in [0.15, 0.2) is 0 Å². The molecular formula is C17H26N2OS. The quantitative estimate of drug-likeness (QED) is 0.905. The molecule has 1 saturated carbocycles. The Kier molecular flexibility index (Phi) is 4.36. The average molecular weight is 306 g/mol. The largest absolute Gasteiger partial charge is 0.334 e. The van der Waals surface area contributed by atoms with Crippen molar-refractivity contribution < 1.29 is 4.79 Å². The number of carbonyl (C=O) groups is 1. The van der Waals surface area contributed by atoms with Gasteiger partial charge in [0.1, 0.15) is 0 Å². The fraction of sp³-hybridized carbons (Fsp3) is 0.706. The Hall–Kier alpha value is -0.870. The van der Waals surface area contributed by atoms with E-state index in [0.29, 0.717) is 17.9 Å². The van der Waals surface area contributed by atoms with Crippen molar-refractivity contribution in [3.8, 4) is 0 Å². The van der Waals surface area contributed by atoms with Gasteiger partial charge < -0.3 is 10.2 Å². The molecule has 1 aliphatic carbocycles. The molecule has 21 heavy (non-hydrogen) atoms. The molecule has 1 aromatic rings. The zero-order valence-electron chi connectivity index (χ0n) is 13.1. The summed E-state index contributed by atoms with van der Waals surface area (Å²) in [7, 11) is 0. The molecule has 0 aromatic carbocycles. The first-order chi connectivity index (χ1) is 10.1. The van der Waals surface area contributed by atoms with Crippen molar-refractivity contribution in [3.05, 3.63) is 22.4 Å². The molecule has 1 unspecified atom stereocenters. The van der Waals surface area contributed by atoms with Crippen molar-refractivity contribution in [2.75, 3.05) is 13.1 Å². The zero-order valence-corrected chi connectivity index (χ0v) is 13.9. The van der Waals surface area contributed by atoms with Gasteiger partial charge in [-0.2, -0.15) is 0 Å². The van der Waals surface area contributed by atoms with Crippen LogP contribution in [0.25, 0.3) is 0 Å². The monoisotopic (exact) mass is 306 g/mol. The highest BCUT2D eigenvalue weighted by Crippen LogP contribution is 2.38. The average Bonchev–Trinajstić information content (AvgIpc) is 3.21. The van der Waals surface area contributed by atoms with Crippen LogP contribution in [-0.2, 0) is 11.3 Å². The highest BCUT2D eigenvalue weighted by Gasteiger charge is 2.43. The summed E-state index contributed by atoms with van der Waals surface area (Å²) in [6.45, 7) is 7.18. The van der Waals surface area contributed by atoms with Crippen molar-refractivity contribution in [2.24, 2.45) is 11.3 Å². The lowest BCUT2D eigenvalue weighted by Gasteiger charge is -2.39. The van der Waals surface area contributed by atoms with Crippen molar-refractivity contribution in [1.29, 1.82) is 0 Å². The Balaban J connectivity index is 1.73. The first-order valence-electron chi connectivity index (χ1n) is 8.13. The molecule has 0 bridgehead atoms. The molecule has 0 spiro atoms. The third-order valence-corrected chi connectivity index (χ3v) is 5.88. The molecule has 2 aliphatic rings. The molecule has 3 rings (SSSR count). The highest BCUT2D eigenvalue weighted by atomic mass is 32.1. The fourth-order valence-corrected chi connectivity index (χ4v) is 4.04. The van der Waals surface area contributed by atoms with E-state index < -0.39 is 0 Å². The molecule has 2 heterocycles. The Morgan fingerprint density at radius 2 is 2.24 bits per heavy atom. The lowest BCUT2D eigenvalue weighted by Crippen LogP contribution is -2.49. The van der Waals surface area contributed by atoms with E-state index in [1.807, 2.05) is 0 Å². The summed E-state index contributed by atoms with van der Waals surface area (Å²) in [6.07, 6.45) is 4.71. The summed E-state index contributed by atoms with van der Waals surface area (Å²) in [5.74, 6) is 0.815. The standard InChI is InChI=1S/C17H26N2OS/c1-17(2,13-5-3-9-18-11-13)16(20)19(14-7-8-14)12-15-6-4-10-21-15/h4,6,10,13-14,18H,3,5,7-9,11-12H2,1-2H3. The van der Waals surface area contributed by atoms with Crippen LogP contribution >= 0.6 is 11.3 Å². The molecule has 0 radical (unpaired) electrons. The smallest absolute Gasteiger partial charge is 0.229 e. The summed E-state index contributed by atoms with van der Waals surface area (Å²) in [4.78, 5) is 16.6. The van der Waals surface area contributed by atoms with Crippen molar-refractivity contribution in [2.45, 2.75) is 52.1 Å². The van der Waals surface area contributed by atoms with Crippen LogP contribution in [0, 0.1) is 11.3 Å². The first-order valence-corrected chi connectivity index (χ1v) is 9.01. The normalized spacial score (nSPS) is 23.0. The molecule has 1 atom stereocenters. The Labute approximate surface area is 131 Å². The van der Waals surface area contributed by atoms with Gasteiger partial charge in [-0.25, -0.2) is 0 Å². The number of thiophene rings is 1. The number of piperidine rings is 1. The summed E-state index contributed by atoms with van der Waals surface area (Å²) in [5.41, 5.74) is -0.257. The van der Waals surface area contributed by atoms with E-state index >= 15 is 0 Å². The SMILES string of the molecule is CC(C)(C(=O)N(Cc1cccs1)C1CC1)C1CCCNC1. The van der Waals surface area contributed by atoms with Gasteiger partial charge in [0.25, 0.3) is 0 Å². The molecule has 1 N–H and O–H groups in total. The maximum absolute atomic E-state index is 13.2. The number of hydrogen-bond donors (Lipinski definition) is 1. The lowest BCUT2D eigenvalue weighted by atomic mass is 9.74. The Morgan fingerprint density at radius 3 is 2.81 bits per heavy atom. The van der Waals surface area contributed by atoms with Crippen LogP contribution in [0.15, 0.2) is 17.5 Å². The maximum Gasteiger partial charge on any atom is 0.229 e. The fourth-order valence-electron chi connectivity index (χ4n) is 3.34. The van der Waals surface area contributed by atoms with Gasteiger partial charge in [0.2, 0.25) is 5.91 Å². The van der Waals surface area contributed by atoms with Crippen molar-refractivity contribution in [1.82, 2.24) is 10.2 Å². The van der Waals surface area contributed by atoms with Gasteiger partial charge in [-0.3, -0.25) is 4.79 Å². The second-order valence-corrected chi connectivity index (χ2v) is 8.04. The molecule has 1 aliphatic heterocycles. The minimum atomic E-state index is -0.257. The highest BCUT2D eigenvalue weighted by molar-refractivity contribution is 7.09. The summed E-state index contributed by atoms with van der Waals surface area (Å²) < 4.78 is 0. The van der Waals surface area contributed by atoms with Gasteiger partial charge >= 0.3 is 0 Å². The van der Waals surface area contributed by atoms with Crippen LogP contribution < -0.4 is 5.32 Å². The van der Waals surface area contributed by atoms with Gasteiger partial charge in [-0.1, -0.05) is 19.9 Å². The van der Waals surface area contributed by atoms with Crippen LogP contribution in [-0.4, -0.2) is 29.9 Å². The summed E-state index contributed by atoms with van der Waals surface area (Å²) in [6, 6.07) is 4.70. The van der Waals surface area contributed by atoms with Crippen molar-refractivity contribution in [3.63, 3.8) is 0 Å². The predicted molar refractivity (Wildman–Crippen MR) is 87.3 cm³/mol. The number of nitrogens with one attached hydrogen (secondary N) is 1. The van der Waals surface area contributed by atoms with Gasteiger partial charge in [-0.15, -0.1) is 11.3 Å². The lowest BCUT2D eigenvalue weighted by molar-refractivity contribution is -0.145. The van der Waals surface area contributed by atoms with Crippen LogP contribution in [0.3, 0.4) is 0 Å². The van der Waals surface area contributed by atoms with Crippen LogP contribution in [0.5, 0.6) is 0 Å². The number of rotatable bonds is 5. The molecule has 3 nitrogen and oxygen atoms in total. The second kappa shape index (κ2) is 6.09. The van der Waals surface area contributed by atoms with Crippen molar-refractivity contribution >= 4 is 17.2 Å². The molecular weight excluding hydrogens is 280 g/mol. The van der Waals surface area contributed by atoms with Gasteiger partial charge in [0.05, 0.1) is 6.54 Å². The van der Waals surface area contributed by atoms with Gasteiger partial charge in [0, 0.05) is 16.3 Å². The Bertz CT molecular complexity index is 473. The molecule has 1 saturated heterocycles. The number of carbonyl (C=O) groups excluding carboxylic acids is 1. The third kappa shape index (κ3) is 3.32. The third-order valence-electron chi connectivity index (χ3n) is 5.02. The summed E-state index contributed by atoms with van der Waals surface area (Å²) >= 11 is 1.75. The Morgan fingerprint density at radius 1 is 1.43 bits per heavy atom. The minimum Gasteiger partial charge on any atom is -0.334 e. The van der Waals surface area contributed by atoms with E-state index in [0.717, 1.165) is 19.6 Å². The zero-order chi connectivity index (χ0) is 14.9. The van der Waals surface area contributed by atoms with Gasteiger partial charge in [-0.05, 0) is 56.1 Å². The van der Waals surface area contributed by atoms with E-state index in [-0.39, 0.29) is 5.41 Å². The van der Waals surface area contributed by atoms with E-state index in [1.54, 1.807) is 11.3 Å². The van der Waals surface area contributed by atoms with Crippen LogP contribution in [0.4, 0.5) is 0 Å². The summed E-state index contributed by atoms with van der Waals surface area (Å²) in [5, 5.41) is 5.55. The number of amides is 1. The predicted octanol–water partition coefficient (Wildman–Crippen LogP) is 3.26. The molecule has 2 fully saturated rings. The van der Waals surface area contributed by atoms with Crippen LogP contribution in [0.2, 0.25) is 0 Å². The number of hydrogen-bond acceptors (Lipinski definition) is 3. The van der Waals surface area contributed by atoms with E-state index in [9.17, 15) is 4.79 Å². The first kappa shape index (κ1) is 15.0. The minimum absolute atomic E-state index is 0.257. The van der Waals surface area contributed by atoms with E-state index in [1.165, 1.54) is 30.6 Å². The van der Waals surface area contributed by atoms with E-state index in [2.05, 4.69) is 41.6 Å². The maximum atomic E-state index is 13.2. The molecule has 4 heteroatoms. The molecule has 116 valence electrons. The second-order valence-electron chi connectivity index (χ2n) is 7.01. The number of nitrogens with zero attached hydrogens (tertiary/aromatic N) is 1. The van der Waals surface area contributed by atoms with E-state index in [4.69, 9.17) is 0 Å². The molecule has 1 aromatic heterocycles. The molecule has 1 amide bonds. The topological polar surface area (TPSA) is 32.3 Å².